The van der Waals surface area contributed by atoms with Crippen LogP contribution >= 0.6 is 0 Å². The van der Waals surface area contributed by atoms with Gasteiger partial charge in [-0.05, 0) is 58.4 Å². The van der Waals surface area contributed by atoms with Crippen LogP contribution in [0.15, 0.2) is 0 Å². The first-order valence-electron chi connectivity index (χ1n) is 7.23. The van der Waals surface area contributed by atoms with Crippen molar-refractivity contribution in [3.8, 4) is 0 Å². The zero-order chi connectivity index (χ0) is 12.3. The first kappa shape index (κ1) is 13.3. The Balaban J connectivity index is 1.74. The number of rotatable bonds is 4. The summed E-state index contributed by atoms with van der Waals surface area (Å²) in [5.74, 6) is 0. The number of nitrogens with one attached hydrogen (secondary N) is 1. The second-order valence-electron chi connectivity index (χ2n) is 5.91. The summed E-state index contributed by atoms with van der Waals surface area (Å²) in [7, 11) is 0. The zero-order valence-electron chi connectivity index (χ0n) is 11.2. The molecule has 3 nitrogen and oxygen atoms in total. The smallest absolute Gasteiger partial charge is 0.0880 e. The molecule has 2 aliphatic rings. The van der Waals surface area contributed by atoms with Gasteiger partial charge in [-0.3, -0.25) is 0 Å². The molecule has 0 spiro atoms. The van der Waals surface area contributed by atoms with Gasteiger partial charge in [0.05, 0.1) is 17.8 Å². The van der Waals surface area contributed by atoms with E-state index in [1.165, 1.54) is 12.8 Å². The summed E-state index contributed by atoms with van der Waals surface area (Å²) in [5.41, 5.74) is -0.585. The molecule has 0 aromatic heterocycles. The maximum absolute atomic E-state index is 10.2. The second kappa shape index (κ2) is 5.68. The summed E-state index contributed by atoms with van der Waals surface area (Å²) >= 11 is 0. The maximum atomic E-state index is 10.2. The number of aliphatic hydroxyl groups is 1. The van der Waals surface area contributed by atoms with E-state index in [1.54, 1.807) is 0 Å². The van der Waals surface area contributed by atoms with Crippen molar-refractivity contribution in [1.82, 2.24) is 5.32 Å². The summed E-state index contributed by atoms with van der Waals surface area (Å²) < 4.78 is 6.12. The Bertz CT molecular complexity index is 234. The molecule has 100 valence electrons. The van der Waals surface area contributed by atoms with E-state index in [2.05, 4.69) is 12.2 Å². The van der Waals surface area contributed by atoms with Crippen LogP contribution in [-0.4, -0.2) is 35.5 Å². The SMILES string of the molecule is CCNC1CCC(OC2CCCC2(C)O)CC1. The van der Waals surface area contributed by atoms with Gasteiger partial charge in [0.25, 0.3) is 0 Å². The lowest BCUT2D eigenvalue weighted by molar-refractivity contribution is -0.117. The van der Waals surface area contributed by atoms with Crippen molar-refractivity contribution in [2.24, 2.45) is 0 Å². The van der Waals surface area contributed by atoms with Gasteiger partial charge in [-0.1, -0.05) is 6.92 Å². The zero-order valence-corrected chi connectivity index (χ0v) is 11.2. The van der Waals surface area contributed by atoms with Gasteiger partial charge >= 0.3 is 0 Å². The highest BCUT2D eigenvalue weighted by Gasteiger charge is 2.39. The molecule has 2 N–H and O–H groups in total. The summed E-state index contributed by atoms with van der Waals surface area (Å²) in [4.78, 5) is 0. The van der Waals surface area contributed by atoms with E-state index in [-0.39, 0.29) is 6.10 Å². The summed E-state index contributed by atoms with van der Waals surface area (Å²) in [6, 6.07) is 0.684. The minimum Gasteiger partial charge on any atom is -0.387 e. The van der Waals surface area contributed by atoms with Gasteiger partial charge in [-0.2, -0.15) is 0 Å². The monoisotopic (exact) mass is 241 g/mol. The maximum Gasteiger partial charge on any atom is 0.0880 e. The van der Waals surface area contributed by atoms with Crippen LogP contribution in [0.3, 0.4) is 0 Å². The van der Waals surface area contributed by atoms with Crippen molar-refractivity contribution in [2.45, 2.75) is 82.6 Å². The van der Waals surface area contributed by atoms with Gasteiger partial charge in [0.1, 0.15) is 0 Å². The third kappa shape index (κ3) is 3.43. The van der Waals surface area contributed by atoms with Crippen LogP contribution in [0.4, 0.5) is 0 Å². The highest BCUT2D eigenvalue weighted by atomic mass is 16.5. The molecule has 0 aliphatic heterocycles. The van der Waals surface area contributed by atoms with E-state index in [1.807, 2.05) is 6.92 Å². The normalized spacial score (nSPS) is 42.9. The van der Waals surface area contributed by atoms with Crippen molar-refractivity contribution in [2.75, 3.05) is 6.54 Å². The van der Waals surface area contributed by atoms with Gasteiger partial charge in [-0.15, -0.1) is 0 Å². The molecule has 3 heteroatoms. The molecule has 17 heavy (non-hydrogen) atoms. The molecule has 2 aliphatic carbocycles. The summed E-state index contributed by atoms with van der Waals surface area (Å²) in [5, 5.41) is 13.7. The molecule has 2 rings (SSSR count). The molecular weight excluding hydrogens is 214 g/mol. The Morgan fingerprint density at radius 2 is 1.94 bits per heavy atom. The van der Waals surface area contributed by atoms with Crippen LogP contribution in [0.25, 0.3) is 0 Å². The lowest BCUT2D eigenvalue weighted by atomic mass is 9.92. The molecule has 0 amide bonds. The van der Waals surface area contributed by atoms with Gasteiger partial charge in [0.15, 0.2) is 0 Å². The van der Waals surface area contributed by atoms with Crippen molar-refractivity contribution < 1.29 is 9.84 Å². The largest absolute Gasteiger partial charge is 0.387 e. The fraction of sp³-hybridized carbons (Fsp3) is 1.00. The Labute approximate surface area is 105 Å². The molecule has 2 saturated carbocycles. The molecule has 0 aromatic carbocycles. The van der Waals surface area contributed by atoms with E-state index in [9.17, 15) is 5.11 Å². The van der Waals surface area contributed by atoms with Crippen LogP contribution in [0, 0.1) is 0 Å². The number of hydrogen-bond donors (Lipinski definition) is 2. The van der Waals surface area contributed by atoms with Crippen LogP contribution in [-0.2, 0) is 4.74 Å². The highest BCUT2D eigenvalue weighted by Crippen LogP contribution is 2.34. The third-order valence-electron chi connectivity index (χ3n) is 4.37. The molecule has 0 radical (unpaired) electrons. The van der Waals surface area contributed by atoms with E-state index in [4.69, 9.17) is 4.74 Å². The lowest BCUT2D eigenvalue weighted by Gasteiger charge is -2.34. The second-order valence-corrected chi connectivity index (χ2v) is 5.91. The van der Waals surface area contributed by atoms with Crippen molar-refractivity contribution in [3.63, 3.8) is 0 Å². The molecule has 2 atom stereocenters. The highest BCUT2D eigenvalue weighted by molar-refractivity contribution is 4.91. The molecule has 0 heterocycles. The van der Waals surface area contributed by atoms with Gasteiger partial charge < -0.3 is 15.2 Å². The summed E-state index contributed by atoms with van der Waals surface area (Å²) in [6.45, 7) is 5.15. The molecule has 0 saturated heterocycles. The molecule has 2 fully saturated rings. The fourth-order valence-corrected chi connectivity index (χ4v) is 3.26. The minimum atomic E-state index is -0.585. The minimum absolute atomic E-state index is 0.0724. The first-order chi connectivity index (χ1) is 8.12. The lowest BCUT2D eigenvalue weighted by Crippen LogP contribution is -2.41. The predicted molar refractivity (Wildman–Crippen MR) is 69.1 cm³/mol. The number of hydrogen-bond acceptors (Lipinski definition) is 3. The molecule has 2 unspecified atom stereocenters. The average molecular weight is 241 g/mol. The van der Waals surface area contributed by atoms with E-state index in [0.29, 0.717) is 12.1 Å². The van der Waals surface area contributed by atoms with Crippen molar-refractivity contribution in [1.29, 1.82) is 0 Å². The van der Waals surface area contributed by atoms with Crippen molar-refractivity contribution in [3.05, 3.63) is 0 Å². The summed E-state index contributed by atoms with van der Waals surface area (Å²) in [6.07, 6.45) is 8.19. The van der Waals surface area contributed by atoms with Crippen LogP contribution in [0.5, 0.6) is 0 Å². The van der Waals surface area contributed by atoms with E-state index in [0.717, 1.165) is 38.6 Å². The Morgan fingerprint density at radius 1 is 1.24 bits per heavy atom. The Hall–Kier alpha value is -0.120. The quantitative estimate of drug-likeness (QED) is 0.793. The molecule has 0 aromatic rings. The third-order valence-corrected chi connectivity index (χ3v) is 4.37. The fourth-order valence-electron chi connectivity index (χ4n) is 3.26. The van der Waals surface area contributed by atoms with Gasteiger partial charge in [-0.25, -0.2) is 0 Å². The van der Waals surface area contributed by atoms with Gasteiger partial charge in [0, 0.05) is 6.04 Å². The van der Waals surface area contributed by atoms with Crippen LogP contribution in [0.1, 0.15) is 58.8 Å². The van der Waals surface area contributed by atoms with E-state index < -0.39 is 5.60 Å². The average Bonchev–Trinajstić information content (AvgIpc) is 2.62. The number of ether oxygens (including phenoxy) is 1. The first-order valence-corrected chi connectivity index (χ1v) is 7.23. The van der Waals surface area contributed by atoms with Crippen molar-refractivity contribution >= 4 is 0 Å². The topological polar surface area (TPSA) is 41.5 Å². The predicted octanol–water partition coefficient (Wildman–Crippen LogP) is 2.23. The van der Waals surface area contributed by atoms with E-state index >= 15 is 0 Å². The van der Waals surface area contributed by atoms with Crippen LogP contribution in [0.2, 0.25) is 0 Å². The molecule has 0 bridgehead atoms. The molecular formula is C14H27NO2. The standard InChI is InChI=1S/C14H27NO2/c1-3-15-11-6-8-12(9-7-11)17-13-5-4-10-14(13,2)16/h11-13,15-16H,3-10H2,1-2H3. The Kier molecular flexibility index (Phi) is 4.45. The van der Waals surface area contributed by atoms with Crippen LogP contribution < -0.4 is 5.32 Å². The van der Waals surface area contributed by atoms with Gasteiger partial charge in [0.2, 0.25) is 0 Å². The Morgan fingerprint density at radius 3 is 2.47 bits per heavy atom.